The fourth-order valence-electron chi connectivity index (χ4n) is 1.78. The van der Waals surface area contributed by atoms with Crippen molar-refractivity contribution in [2.45, 2.75) is 11.5 Å². The number of hydrogen-bond donors (Lipinski definition) is 0. The minimum Gasteiger partial charge on any atom is -0.260 e. The zero-order valence-corrected chi connectivity index (χ0v) is 10.8. The molecular formula is C13H9BrF3N. The van der Waals surface area contributed by atoms with Crippen molar-refractivity contribution in [1.82, 2.24) is 4.98 Å². The van der Waals surface area contributed by atoms with E-state index in [4.69, 9.17) is 0 Å². The standard InChI is InChI=1S/C13H9BrF3N/c14-8-11-12(13(15,16)17)10(6-7-18-11)9-4-2-1-3-5-9/h1-7H,8H2. The fourth-order valence-corrected chi connectivity index (χ4v) is 2.21. The van der Waals surface area contributed by atoms with E-state index >= 15 is 0 Å². The van der Waals surface area contributed by atoms with Crippen LogP contribution in [0.25, 0.3) is 11.1 Å². The van der Waals surface area contributed by atoms with E-state index in [1.165, 1.54) is 12.3 Å². The van der Waals surface area contributed by atoms with Gasteiger partial charge in [-0.3, -0.25) is 4.98 Å². The van der Waals surface area contributed by atoms with Crippen molar-refractivity contribution in [3.63, 3.8) is 0 Å². The summed E-state index contributed by atoms with van der Waals surface area (Å²) >= 11 is 3.05. The third kappa shape index (κ3) is 2.56. The van der Waals surface area contributed by atoms with Gasteiger partial charge in [0.25, 0.3) is 0 Å². The van der Waals surface area contributed by atoms with Gasteiger partial charge >= 0.3 is 6.18 Å². The molecule has 1 nitrogen and oxygen atoms in total. The van der Waals surface area contributed by atoms with Crippen molar-refractivity contribution in [2.24, 2.45) is 0 Å². The van der Waals surface area contributed by atoms with Crippen molar-refractivity contribution in [3.8, 4) is 11.1 Å². The van der Waals surface area contributed by atoms with Crippen molar-refractivity contribution < 1.29 is 13.2 Å². The lowest BCUT2D eigenvalue weighted by atomic mass is 9.99. The van der Waals surface area contributed by atoms with E-state index in [0.717, 1.165) is 0 Å². The quantitative estimate of drug-likeness (QED) is 0.734. The highest BCUT2D eigenvalue weighted by molar-refractivity contribution is 9.08. The molecule has 1 aromatic heterocycles. The third-order valence-corrected chi connectivity index (χ3v) is 3.06. The van der Waals surface area contributed by atoms with Gasteiger partial charge in [0.05, 0.1) is 11.3 Å². The van der Waals surface area contributed by atoms with Gasteiger partial charge in [0.1, 0.15) is 0 Å². The molecule has 0 saturated carbocycles. The van der Waals surface area contributed by atoms with Crippen LogP contribution in [0, 0.1) is 0 Å². The number of nitrogens with zero attached hydrogens (tertiary/aromatic N) is 1. The van der Waals surface area contributed by atoms with E-state index in [1.807, 2.05) is 0 Å². The largest absolute Gasteiger partial charge is 0.418 e. The second-order valence-corrected chi connectivity index (χ2v) is 4.24. The Morgan fingerprint density at radius 1 is 1.06 bits per heavy atom. The smallest absolute Gasteiger partial charge is 0.260 e. The molecule has 1 aromatic carbocycles. The van der Waals surface area contributed by atoms with E-state index in [9.17, 15) is 13.2 Å². The summed E-state index contributed by atoms with van der Waals surface area (Å²) in [5.74, 6) is 0. The molecule has 0 aliphatic rings. The van der Waals surface area contributed by atoms with Crippen LogP contribution in [-0.2, 0) is 11.5 Å². The number of benzene rings is 1. The topological polar surface area (TPSA) is 12.9 Å². The Bertz CT molecular complexity index is 538. The molecule has 18 heavy (non-hydrogen) atoms. The van der Waals surface area contributed by atoms with Crippen LogP contribution in [0.4, 0.5) is 13.2 Å². The van der Waals surface area contributed by atoms with Crippen LogP contribution >= 0.6 is 15.9 Å². The average molecular weight is 316 g/mol. The molecule has 0 spiro atoms. The maximum Gasteiger partial charge on any atom is 0.418 e. The van der Waals surface area contributed by atoms with E-state index < -0.39 is 11.7 Å². The first-order valence-electron chi connectivity index (χ1n) is 5.20. The lowest BCUT2D eigenvalue weighted by molar-refractivity contribution is -0.137. The van der Waals surface area contributed by atoms with Crippen LogP contribution in [0.5, 0.6) is 0 Å². The summed E-state index contributed by atoms with van der Waals surface area (Å²) in [7, 11) is 0. The van der Waals surface area contributed by atoms with Gasteiger partial charge in [-0.05, 0) is 17.2 Å². The Morgan fingerprint density at radius 3 is 2.28 bits per heavy atom. The Morgan fingerprint density at radius 2 is 1.72 bits per heavy atom. The molecule has 0 fully saturated rings. The zero-order valence-electron chi connectivity index (χ0n) is 9.21. The minimum atomic E-state index is -4.41. The molecule has 0 radical (unpaired) electrons. The molecule has 0 aliphatic heterocycles. The first-order chi connectivity index (χ1) is 8.54. The maximum absolute atomic E-state index is 13.1. The van der Waals surface area contributed by atoms with Crippen molar-refractivity contribution in [3.05, 3.63) is 53.9 Å². The molecule has 2 aromatic rings. The summed E-state index contributed by atoms with van der Waals surface area (Å²) in [5, 5.41) is 0.0719. The van der Waals surface area contributed by atoms with Crippen LogP contribution in [0.3, 0.4) is 0 Å². The number of aromatic nitrogens is 1. The summed E-state index contributed by atoms with van der Waals surface area (Å²) in [4.78, 5) is 3.78. The molecule has 0 N–H and O–H groups in total. The monoisotopic (exact) mass is 315 g/mol. The van der Waals surface area contributed by atoms with Crippen molar-refractivity contribution in [2.75, 3.05) is 0 Å². The highest BCUT2D eigenvalue weighted by Gasteiger charge is 2.36. The van der Waals surface area contributed by atoms with Crippen LogP contribution in [0.15, 0.2) is 42.6 Å². The van der Waals surface area contributed by atoms with Gasteiger partial charge in [-0.15, -0.1) is 0 Å². The average Bonchev–Trinajstić information content (AvgIpc) is 2.38. The first-order valence-corrected chi connectivity index (χ1v) is 6.32. The molecule has 1 heterocycles. The van der Waals surface area contributed by atoms with Gasteiger partial charge in [0, 0.05) is 11.5 Å². The maximum atomic E-state index is 13.1. The molecule has 0 saturated heterocycles. The molecule has 0 bridgehead atoms. The lowest BCUT2D eigenvalue weighted by Crippen LogP contribution is -2.12. The summed E-state index contributed by atoms with van der Waals surface area (Å²) in [5.41, 5.74) is 0.0268. The third-order valence-electron chi connectivity index (χ3n) is 2.52. The predicted molar refractivity (Wildman–Crippen MR) is 67.3 cm³/mol. The van der Waals surface area contributed by atoms with E-state index in [1.54, 1.807) is 30.3 Å². The highest BCUT2D eigenvalue weighted by atomic mass is 79.9. The Kier molecular flexibility index (Phi) is 3.71. The summed E-state index contributed by atoms with van der Waals surface area (Å²) < 4.78 is 39.4. The van der Waals surface area contributed by atoms with Crippen LogP contribution in [-0.4, -0.2) is 4.98 Å². The predicted octanol–water partition coefficient (Wildman–Crippen LogP) is 4.66. The Hall–Kier alpha value is -1.36. The SMILES string of the molecule is FC(F)(F)c1c(-c2ccccc2)ccnc1CBr. The van der Waals surface area contributed by atoms with Gasteiger partial charge in [-0.1, -0.05) is 46.3 Å². The van der Waals surface area contributed by atoms with Crippen LogP contribution < -0.4 is 0 Å². The number of rotatable bonds is 2. The first kappa shape index (κ1) is 13.1. The number of hydrogen-bond acceptors (Lipinski definition) is 1. The van der Waals surface area contributed by atoms with Crippen molar-refractivity contribution in [1.29, 1.82) is 0 Å². The van der Waals surface area contributed by atoms with Crippen LogP contribution in [0.1, 0.15) is 11.3 Å². The highest BCUT2D eigenvalue weighted by Crippen LogP contribution is 2.39. The number of alkyl halides is 4. The van der Waals surface area contributed by atoms with E-state index in [0.29, 0.717) is 5.56 Å². The molecule has 5 heteroatoms. The van der Waals surface area contributed by atoms with Crippen LogP contribution in [0.2, 0.25) is 0 Å². The molecule has 94 valence electrons. The number of halogens is 4. The molecule has 0 amide bonds. The van der Waals surface area contributed by atoms with Gasteiger partial charge in [0.15, 0.2) is 0 Å². The molecule has 2 rings (SSSR count). The fraction of sp³-hybridized carbons (Fsp3) is 0.154. The summed E-state index contributed by atoms with van der Waals surface area (Å²) in [6, 6.07) is 9.90. The molecule has 0 atom stereocenters. The Labute approximate surface area is 111 Å². The van der Waals surface area contributed by atoms with Gasteiger partial charge in [0.2, 0.25) is 0 Å². The Balaban J connectivity index is 2.68. The van der Waals surface area contributed by atoms with E-state index in [-0.39, 0.29) is 16.6 Å². The summed E-state index contributed by atoms with van der Waals surface area (Å²) in [6.07, 6.45) is -3.02. The van der Waals surface area contributed by atoms with Gasteiger partial charge in [-0.2, -0.15) is 13.2 Å². The van der Waals surface area contributed by atoms with Gasteiger partial charge < -0.3 is 0 Å². The molecule has 0 aliphatic carbocycles. The molecular weight excluding hydrogens is 307 g/mol. The lowest BCUT2D eigenvalue weighted by Gasteiger charge is -2.15. The second kappa shape index (κ2) is 5.10. The van der Waals surface area contributed by atoms with E-state index in [2.05, 4.69) is 20.9 Å². The second-order valence-electron chi connectivity index (χ2n) is 3.68. The van der Waals surface area contributed by atoms with Crippen molar-refractivity contribution >= 4 is 15.9 Å². The minimum absolute atomic E-state index is 0.00357. The van der Waals surface area contributed by atoms with Gasteiger partial charge in [-0.25, -0.2) is 0 Å². The molecule has 0 unspecified atom stereocenters. The normalized spacial score (nSPS) is 11.6. The summed E-state index contributed by atoms with van der Waals surface area (Å²) in [6.45, 7) is 0. The zero-order chi connectivity index (χ0) is 13.2. The number of pyridine rings is 1.